The number of anilines is 2. The van der Waals surface area contributed by atoms with E-state index in [-0.39, 0.29) is 23.6 Å². The van der Waals surface area contributed by atoms with E-state index in [0.29, 0.717) is 6.07 Å². The molecule has 0 unspecified atom stereocenters. The number of nitrogens with one attached hydrogen (secondary N) is 2. The van der Waals surface area contributed by atoms with Gasteiger partial charge in [0.05, 0.1) is 28.4 Å². The Morgan fingerprint density at radius 2 is 1.83 bits per heavy atom. The highest BCUT2D eigenvalue weighted by Crippen LogP contribution is 2.31. The zero-order chi connectivity index (χ0) is 22.4. The number of hydrogen-bond donors (Lipinski definition) is 2. The molecule has 2 rings (SSSR count). The number of halogens is 3. The van der Waals surface area contributed by atoms with Crippen LogP contribution in [0.3, 0.4) is 0 Å². The first-order valence-electron chi connectivity index (χ1n) is 8.41. The molecule has 0 aliphatic heterocycles. The molecule has 0 atom stereocenters. The average Bonchev–Trinajstić information content (AvgIpc) is 2.69. The summed E-state index contributed by atoms with van der Waals surface area (Å²) in [5.41, 5.74) is -1.31. The average molecular weight is 439 g/mol. The minimum atomic E-state index is -4.70. The number of sulfonamides is 1. The molecule has 0 spiro atoms. The van der Waals surface area contributed by atoms with Crippen molar-refractivity contribution in [3.05, 3.63) is 65.9 Å². The van der Waals surface area contributed by atoms with Gasteiger partial charge in [0.1, 0.15) is 6.07 Å². The Balaban J connectivity index is 2.32. The molecule has 0 radical (unpaired) electrons. The van der Waals surface area contributed by atoms with Crippen molar-refractivity contribution in [1.82, 2.24) is 0 Å². The first-order valence-corrected chi connectivity index (χ1v) is 9.90. The molecule has 158 valence electrons. The third-order valence-corrected chi connectivity index (χ3v) is 4.99. The van der Waals surface area contributed by atoms with Crippen LogP contribution in [0.2, 0.25) is 0 Å². The summed E-state index contributed by atoms with van der Waals surface area (Å²) in [6.07, 6.45) is -3.66. The lowest BCUT2D eigenvalue weighted by molar-refractivity contribution is -0.138. The summed E-state index contributed by atoms with van der Waals surface area (Å²) < 4.78 is 70.7. The van der Waals surface area contributed by atoms with Gasteiger partial charge < -0.3 is 10.1 Å². The first-order chi connectivity index (χ1) is 14.1. The Kier molecular flexibility index (Phi) is 7.07. The second-order valence-electron chi connectivity index (χ2n) is 5.71. The molecule has 0 saturated carbocycles. The predicted molar refractivity (Wildman–Crippen MR) is 103 cm³/mol. The van der Waals surface area contributed by atoms with Crippen molar-refractivity contribution in [2.45, 2.75) is 18.0 Å². The quantitative estimate of drug-likeness (QED) is 0.385. The van der Waals surface area contributed by atoms with Gasteiger partial charge in [-0.2, -0.15) is 18.4 Å². The lowest BCUT2D eigenvalue weighted by Gasteiger charge is -2.14. The van der Waals surface area contributed by atoms with Crippen LogP contribution in [0.15, 0.2) is 65.2 Å². The fourth-order valence-electron chi connectivity index (χ4n) is 2.24. The highest BCUT2D eigenvalue weighted by molar-refractivity contribution is 7.92. The summed E-state index contributed by atoms with van der Waals surface area (Å²) in [6.45, 7) is 1.63. The summed E-state index contributed by atoms with van der Waals surface area (Å²) in [5, 5.41) is 11.7. The number of carbonyl (C=O) groups is 1. The van der Waals surface area contributed by atoms with Gasteiger partial charge in [-0.3, -0.25) is 4.72 Å². The van der Waals surface area contributed by atoms with E-state index in [9.17, 15) is 26.4 Å². The third-order valence-electron chi connectivity index (χ3n) is 3.63. The van der Waals surface area contributed by atoms with Gasteiger partial charge in [-0.1, -0.05) is 18.2 Å². The van der Waals surface area contributed by atoms with Gasteiger partial charge in [-0.15, -0.1) is 0 Å². The summed E-state index contributed by atoms with van der Waals surface area (Å²) in [7, 11) is -4.36. The largest absolute Gasteiger partial charge is 0.462 e. The van der Waals surface area contributed by atoms with Crippen LogP contribution >= 0.6 is 0 Å². The molecule has 0 amide bonds. The summed E-state index contributed by atoms with van der Waals surface area (Å²) in [5.74, 6) is -0.866. The van der Waals surface area contributed by atoms with Crippen LogP contribution in [-0.4, -0.2) is 21.0 Å². The zero-order valence-corrected chi connectivity index (χ0v) is 16.3. The van der Waals surface area contributed by atoms with Crippen molar-refractivity contribution in [2.75, 3.05) is 16.6 Å². The monoisotopic (exact) mass is 439 g/mol. The number of nitriles is 1. The number of esters is 1. The molecular weight excluding hydrogens is 423 g/mol. The molecule has 2 aromatic carbocycles. The lowest BCUT2D eigenvalue weighted by Crippen LogP contribution is -2.15. The van der Waals surface area contributed by atoms with Crippen molar-refractivity contribution in [3.8, 4) is 6.07 Å². The molecule has 0 aromatic heterocycles. The number of rotatable bonds is 7. The van der Waals surface area contributed by atoms with Gasteiger partial charge in [-0.05, 0) is 37.3 Å². The van der Waals surface area contributed by atoms with Gasteiger partial charge in [0.2, 0.25) is 0 Å². The van der Waals surface area contributed by atoms with Crippen LogP contribution in [0.4, 0.5) is 24.5 Å². The molecule has 0 bridgehead atoms. The van der Waals surface area contributed by atoms with Crippen molar-refractivity contribution in [3.63, 3.8) is 0 Å². The Labute approximate surface area is 170 Å². The van der Waals surface area contributed by atoms with Crippen LogP contribution in [0.1, 0.15) is 12.5 Å². The van der Waals surface area contributed by atoms with Crippen molar-refractivity contribution < 1.29 is 31.1 Å². The summed E-state index contributed by atoms with van der Waals surface area (Å²) in [6, 6.07) is 10.8. The van der Waals surface area contributed by atoms with Crippen LogP contribution in [0, 0.1) is 11.3 Å². The van der Waals surface area contributed by atoms with E-state index >= 15 is 0 Å². The Hall–Kier alpha value is -3.52. The number of para-hydroxylation sites is 2. The SMILES string of the molecule is CCOC(=O)/C(C#N)=C/Nc1ccccc1NS(=O)(=O)c1cccc(C(F)(F)F)c1. The van der Waals surface area contributed by atoms with Gasteiger partial charge >= 0.3 is 12.1 Å². The summed E-state index contributed by atoms with van der Waals surface area (Å²) >= 11 is 0. The fourth-order valence-corrected chi connectivity index (χ4v) is 3.36. The van der Waals surface area contributed by atoms with Crippen LogP contribution < -0.4 is 10.0 Å². The van der Waals surface area contributed by atoms with E-state index < -0.39 is 32.6 Å². The normalized spacial score (nSPS) is 12.0. The molecule has 0 aliphatic rings. The highest BCUT2D eigenvalue weighted by Gasteiger charge is 2.31. The smallest absolute Gasteiger partial charge is 0.416 e. The maximum Gasteiger partial charge on any atom is 0.416 e. The maximum atomic E-state index is 12.9. The molecule has 30 heavy (non-hydrogen) atoms. The Bertz CT molecular complexity index is 1110. The number of hydrogen-bond acceptors (Lipinski definition) is 6. The van der Waals surface area contributed by atoms with E-state index in [1.807, 2.05) is 0 Å². The molecule has 0 fully saturated rings. The second-order valence-corrected chi connectivity index (χ2v) is 7.39. The number of carbonyl (C=O) groups excluding carboxylic acids is 1. The van der Waals surface area contributed by atoms with E-state index in [2.05, 4.69) is 10.0 Å². The van der Waals surface area contributed by atoms with Crippen molar-refractivity contribution >= 4 is 27.4 Å². The topological polar surface area (TPSA) is 108 Å². The maximum absolute atomic E-state index is 12.9. The lowest BCUT2D eigenvalue weighted by atomic mass is 10.2. The Morgan fingerprint density at radius 1 is 1.17 bits per heavy atom. The number of nitrogens with zero attached hydrogens (tertiary/aromatic N) is 1. The van der Waals surface area contributed by atoms with Gasteiger partial charge in [0, 0.05) is 6.20 Å². The minimum Gasteiger partial charge on any atom is -0.462 e. The highest BCUT2D eigenvalue weighted by atomic mass is 32.2. The molecule has 0 aliphatic carbocycles. The minimum absolute atomic E-state index is 0.00712. The number of ether oxygens (including phenoxy) is 1. The summed E-state index contributed by atoms with van der Waals surface area (Å²) in [4.78, 5) is 11.1. The fraction of sp³-hybridized carbons (Fsp3) is 0.158. The molecular formula is C19H16F3N3O4S. The first kappa shape index (κ1) is 22.8. The van der Waals surface area contributed by atoms with Crippen LogP contribution in [-0.2, 0) is 25.7 Å². The van der Waals surface area contributed by atoms with Crippen molar-refractivity contribution in [1.29, 1.82) is 5.26 Å². The molecule has 2 aromatic rings. The molecule has 7 nitrogen and oxygen atoms in total. The molecule has 0 heterocycles. The van der Waals surface area contributed by atoms with Gasteiger partial charge in [0.15, 0.2) is 5.57 Å². The van der Waals surface area contributed by atoms with E-state index in [4.69, 9.17) is 10.00 Å². The molecule has 2 N–H and O–H groups in total. The van der Waals surface area contributed by atoms with Crippen LogP contribution in [0.5, 0.6) is 0 Å². The van der Waals surface area contributed by atoms with Crippen LogP contribution in [0.25, 0.3) is 0 Å². The Morgan fingerprint density at radius 3 is 2.43 bits per heavy atom. The standard InChI is InChI=1S/C19H16F3N3O4S/c1-2-29-18(26)13(11-23)12-24-16-8-3-4-9-17(16)25-30(27,28)15-7-5-6-14(10-15)19(20,21)22/h3-10,12,24-25H,2H2,1H3/b13-12+. The van der Waals surface area contributed by atoms with E-state index in [1.54, 1.807) is 19.1 Å². The zero-order valence-electron chi connectivity index (χ0n) is 15.5. The predicted octanol–water partition coefficient (Wildman–Crippen LogP) is 3.89. The van der Waals surface area contributed by atoms with Crippen molar-refractivity contribution in [2.24, 2.45) is 0 Å². The third kappa shape index (κ3) is 5.74. The van der Waals surface area contributed by atoms with E-state index in [0.717, 1.165) is 24.4 Å². The molecule has 11 heteroatoms. The number of benzene rings is 2. The molecule has 0 saturated heterocycles. The van der Waals surface area contributed by atoms with Gasteiger partial charge in [-0.25, -0.2) is 13.2 Å². The second kappa shape index (κ2) is 9.32. The number of alkyl halides is 3. The van der Waals surface area contributed by atoms with E-state index in [1.165, 1.54) is 18.2 Å². The van der Waals surface area contributed by atoms with Gasteiger partial charge in [0.25, 0.3) is 10.0 Å².